The van der Waals surface area contributed by atoms with Gasteiger partial charge in [0.25, 0.3) is 0 Å². The van der Waals surface area contributed by atoms with Crippen molar-refractivity contribution >= 4 is 27.9 Å². The van der Waals surface area contributed by atoms with Crippen LogP contribution in [0.5, 0.6) is 0 Å². The molecule has 1 saturated heterocycles. The predicted molar refractivity (Wildman–Crippen MR) is 159 cm³/mol. The van der Waals surface area contributed by atoms with Crippen LogP contribution in [0.25, 0.3) is 0 Å². The molecule has 41 heavy (non-hydrogen) atoms. The highest BCUT2D eigenvalue weighted by Crippen LogP contribution is 2.32. The molecule has 1 aliphatic rings. The van der Waals surface area contributed by atoms with E-state index in [-0.39, 0.29) is 29.2 Å². The molecule has 224 valence electrons. The number of ether oxygens (including phenoxy) is 1. The lowest BCUT2D eigenvalue weighted by atomic mass is 9.78. The fraction of sp³-hybridized carbons (Fsp3) is 0.500. The van der Waals surface area contributed by atoms with E-state index in [0.717, 1.165) is 30.4 Å². The van der Waals surface area contributed by atoms with Crippen LogP contribution in [0.4, 0.5) is 0 Å². The lowest BCUT2D eigenvalue weighted by molar-refractivity contribution is -0.141. The van der Waals surface area contributed by atoms with Gasteiger partial charge in [-0.05, 0) is 61.3 Å². The second-order valence-electron chi connectivity index (χ2n) is 11.1. The van der Waals surface area contributed by atoms with E-state index in [9.17, 15) is 18.0 Å². The quantitative estimate of drug-likeness (QED) is 0.122. The number of hydrogen-bond acceptors (Lipinski definition) is 6. The first-order chi connectivity index (χ1) is 19.4. The Morgan fingerprint density at radius 2 is 1.76 bits per heavy atom. The summed E-state index contributed by atoms with van der Waals surface area (Å²) in [6.45, 7) is 7.20. The highest BCUT2D eigenvalue weighted by molar-refractivity contribution is 7.89. The van der Waals surface area contributed by atoms with Gasteiger partial charge in [-0.1, -0.05) is 56.3 Å². The van der Waals surface area contributed by atoms with Gasteiger partial charge in [0.2, 0.25) is 15.9 Å². The molecule has 1 aliphatic heterocycles. The molecule has 0 spiro atoms. The minimum absolute atomic E-state index is 0.0999. The summed E-state index contributed by atoms with van der Waals surface area (Å²) in [5.41, 5.74) is 6.85. The maximum atomic E-state index is 13.6. The Hall–Kier alpha value is -3.44. The molecule has 0 radical (unpaired) electrons. The average Bonchev–Trinajstić information content (AvgIpc) is 2.95. The van der Waals surface area contributed by atoms with Gasteiger partial charge in [0.1, 0.15) is 6.04 Å². The largest absolute Gasteiger partial charge is 0.466 e. The monoisotopic (exact) mass is 585 g/mol. The molecule has 0 bridgehead atoms. The first-order valence-corrected chi connectivity index (χ1v) is 15.6. The van der Waals surface area contributed by atoms with Crippen molar-refractivity contribution in [3.8, 4) is 0 Å². The first-order valence-electron chi connectivity index (χ1n) is 14.1. The number of piperidine rings is 1. The van der Waals surface area contributed by atoms with Crippen LogP contribution in [0.15, 0.2) is 59.5 Å². The van der Waals surface area contributed by atoms with E-state index in [2.05, 4.69) is 10.0 Å². The summed E-state index contributed by atoms with van der Waals surface area (Å²) < 4.78 is 35.0. The second kappa shape index (κ2) is 14.5. The van der Waals surface area contributed by atoms with Crippen molar-refractivity contribution in [3.63, 3.8) is 0 Å². The third-order valence-electron chi connectivity index (χ3n) is 7.70. The van der Waals surface area contributed by atoms with Crippen LogP contribution in [0.2, 0.25) is 0 Å². The SMILES string of the molecule is CC(=O)OCCC1CCN(C(=O)[C@H](CCCNC(=N)N)NS(=O)(=O)c2cccc(C(C)(C)c3ccccc3)c2)CC1. The second-order valence-corrected chi connectivity index (χ2v) is 12.8. The summed E-state index contributed by atoms with van der Waals surface area (Å²) in [6, 6.07) is 15.8. The number of carbonyl (C=O) groups excluding carboxylic acids is 2. The summed E-state index contributed by atoms with van der Waals surface area (Å²) in [5, 5.41) is 10.1. The molecule has 2 aromatic carbocycles. The van der Waals surface area contributed by atoms with Crippen LogP contribution >= 0.6 is 0 Å². The molecular weight excluding hydrogens is 542 g/mol. The molecule has 0 aromatic heterocycles. The van der Waals surface area contributed by atoms with Gasteiger partial charge in [0, 0.05) is 32.0 Å². The Morgan fingerprint density at radius 1 is 1.10 bits per heavy atom. The summed E-state index contributed by atoms with van der Waals surface area (Å²) in [6.07, 6.45) is 2.95. The van der Waals surface area contributed by atoms with Gasteiger partial charge in [-0.15, -0.1) is 0 Å². The lowest BCUT2D eigenvalue weighted by Gasteiger charge is -2.34. The van der Waals surface area contributed by atoms with Gasteiger partial charge >= 0.3 is 5.97 Å². The van der Waals surface area contributed by atoms with Crippen molar-refractivity contribution in [3.05, 3.63) is 65.7 Å². The number of benzene rings is 2. The summed E-state index contributed by atoms with van der Waals surface area (Å²) in [5.74, 6) is -0.414. The maximum Gasteiger partial charge on any atom is 0.302 e. The molecule has 0 saturated carbocycles. The Bertz CT molecular complexity index is 1290. The van der Waals surface area contributed by atoms with Crippen LogP contribution in [-0.4, -0.2) is 63.4 Å². The normalized spacial score (nSPS) is 15.2. The number of rotatable bonds is 13. The van der Waals surface area contributed by atoms with Crippen molar-refractivity contribution in [2.24, 2.45) is 11.7 Å². The van der Waals surface area contributed by atoms with Crippen LogP contribution in [0, 0.1) is 11.3 Å². The molecule has 1 atom stereocenters. The Morgan fingerprint density at radius 3 is 2.39 bits per heavy atom. The van der Waals surface area contributed by atoms with Gasteiger partial charge in [0.15, 0.2) is 5.96 Å². The molecule has 0 aliphatic carbocycles. The van der Waals surface area contributed by atoms with Crippen LogP contribution in [0.3, 0.4) is 0 Å². The number of nitrogens with zero attached hydrogens (tertiary/aromatic N) is 1. The highest BCUT2D eigenvalue weighted by atomic mass is 32.2. The van der Waals surface area contributed by atoms with E-state index in [4.69, 9.17) is 15.9 Å². The molecule has 1 amide bonds. The van der Waals surface area contributed by atoms with E-state index >= 15 is 0 Å². The van der Waals surface area contributed by atoms with Gasteiger partial charge in [-0.2, -0.15) is 4.72 Å². The van der Waals surface area contributed by atoms with Gasteiger partial charge in [-0.3, -0.25) is 15.0 Å². The zero-order valence-electron chi connectivity index (χ0n) is 24.2. The Balaban J connectivity index is 1.74. The number of amides is 1. The van der Waals surface area contributed by atoms with E-state index in [0.29, 0.717) is 38.6 Å². The van der Waals surface area contributed by atoms with Crippen LogP contribution in [0.1, 0.15) is 64.0 Å². The highest BCUT2D eigenvalue weighted by Gasteiger charge is 2.32. The van der Waals surface area contributed by atoms with Crippen LogP contribution in [-0.2, 0) is 29.8 Å². The van der Waals surface area contributed by atoms with Crippen molar-refractivity contribution < 1.29 is 22.7 Å². The third kappa shape index (κ3) is 9.29. The molecule has 3 rings (SSSR count). The van der Waals surface area contributed by atoms with Gasteiger partial charge in [-0.25, -0.2) is 8.42 Å². The molecule has 10 nitrogen and oxygen atoms in total. The van der Waals surface area contributed by atoms with Crippen LogP contribution < -0.4 is 15.8 Å². The fourth-order valence-electron chi connectivity index (χ4n) is 5.12. The number of carbonyl (C=O) groups is 2. The number of hydrogen-bond donors (Lipinski definition) is 4. The predicted octanol–water partition coefficient (Wildman–Crippen LogP) is 3.11. The molecule has 0 unspecified atom stereocenters. The van der Waals surface area contributed by atoms with Crippen molar-refractivity contribution in [2.45, 2.75) is 69.2 Å². The average molecular weight is 586 g/mol. The smallest absolute Gasteiger partial charge is 0.302 e. The van der Waals surface area contributed by atoms with E-state index < -0.39 is 21.5 Å². The third-order valence-corrected chi connectivity index (χ3v) is 9.17. The molecule has 1 fully saturated rings. The number of nitrogens with one attached hydrogen (secondary N) is 3. The van der Waals surface area contributed by atoms with Crippen molar-refractivity contribution in [1.82, 2.24) is 14.9 Å². The zero-order valence-corrected chi connectivity index (χ0v) is 25.0. The van der Waals surface area contributed by atoms with Gasteiger partial charge in [0.05, 0.1) is 11.5 Å². The van der Waals surface area contributed by atoms with Crippen molar-refractivity contribution in [1.29, 1.82) is 5.41 Å². The number of likely N-dealkylation sites (tertiary alicyclic amines) is 1. The van der Waals surface area contributed by atoms with E-state index in [1.807, 2.05) is 50.2 Å². The number of esters is 1. The molecule has 2 aromatic rings. The van der Waals surface area contributed by atoms with E-state index in [1.54, 1.807) is 23.1 Å². The molecular formula is C30H43N5O5S. The number of sulfonamides is 1. The molecule has 11 heteroatoms. The van der Waals surface area contributed by atoms with Gasteiger partial charge < -0.3 is 20.7 Å². The van der Waals surface area contributed by atoms with Crippen molar-refractivity contribution in [2.75, 3.05) is 26.2 Å². The molecule has 1 heterocycles. The number of nitrogens with two attached hydrogens (primary N) is 1. The summed E-state index contributed by atoms with van der Waals surface area (Å²) in [4.78, 5) is 26.5. The molecule has 5 N–H and O–H groups in total. The van der Waals surface area contributed by atoms with E-state index in [1.165, 1.54) is 6.92 Å². The topological polar surface area (TPSA) is 155 Å². The lowest BCUT2D eigenvalue weighted by Crippen LogP contribution is -2.51. The maximum absolute atomic E-state index is 13.6. The fourth-order valence-corrected chi connectivity index (χ4v) is 6.39. The minimum Gasteiger partial charge on any atom is -0.466 e. The first kappa shape index (κ1) is 32.1. The summed E-state index contributed by atoms with van der Waals surface area (Å²) >= 11 is 0. The standard InChI is InChI=1S/C30H43N5O5S/c1-22(36)40-20-16-23-14-18-35(19-15-23)28(37)27(13-8-17-33-29(31)32)34-41(38,39)26-12-7-11-25(21-26)30(2,3)24-9-5-4-6-10-24/h4-7,9-12,21,23,27,34H,8,13-20H2,1-3H3,(H4,31,32,33)/t27-/m0/s1. The Labute approximate surface area is 243 Å². The zero-order chi connectivity index (χ0) is 30.0. The minimum atomic E-state index is -4.03. The number of guanidine groups is 1. The Kier molecular flexibility index (Phi) is 11.3. The summed E-state index contributed by atoms with van der Waals surface area (Å²) in [7, 11) is -4.03.